The molecule has 1 heterocycles. The normalized spacial score (nSPS) is 9.57. The van der Waals surface area contributed by atoms with Gasteiger partial charge in [0.1, 0.15) is 18.2 Å². The highest BCUT2D eigenvalue weighted by Gasteiger charge is 2.08. The first-order valence-corrected chi connectivity index (χ1v) is 4.31. The van der Waals surface area contributed by atoms with E-state index in [1.165, 1.54) is 0 Å². The summed E-state index contributed by atoms with van der Waals surface area (Å²) in [5, 5.41) is 17.5. The zero-order chi connectivity index (χ0) is 10.6. The first-order chi connectivity index (χ1) is 6.69. The lowest BCUT2D eigenvalue weighted by molar-refractivity contribution is 0.196. The van der Waals surface area contributed by atoms with Gasteiger partial charge in [0.2, 0.25) is 5.88 Å². The van der Waals surface area contributed by atoms with E-state index < -0.39 is 0 Å². The molecule has 4 heteroatoms. The largest absolute Gasteiger partial charge is 0.474 e. The molecule has 1 N–H and O–H groups in total. The molecule has 0 unspecified atom stereocenters. The zero-order valence-electron chi connectivity index (χ0n) is 8.24. The Bertz CT molecular complexity index is 369. The van der Waals surface area contributed by atoms with Crippen molar-refractivity contribution in [1.29, 1.82) is 5.26 Å². The monoisotopic (exact) mass is 192 g/mol. The summed E-state index contributed by atoms with van der Waals surface area (Å²) in [7, 11) is 0. The first kappa shape index (κ1) is 10.5. The fraction of sp³-hybridized carbons (Fsp3) is 0.400. The molecular weight excluding hydrogens is 180 g/mol. The van der Waals surface area contributed by atoms with Crippen LogP contribution in [0.25, 0.3) is 0 Å². The van der Waals surface area contributed by atoms with Crippen molar-refractivity contribution in [2.45, 2.75) is 13.8 Å². The van der Waals surface area contributed by atoms with Crippen molar-refractivity contribution in [1.82, 2.24) is 4.98 Å². The maximum Gasteiger partial charge on any atom is 0.232 e. The summed E-state index contributed by atoms with van der Waals surface area (Å²) in [5.74, 6) is 0.305. The van der Waals surface area contributed by atoms with Crippen molar-refractivity contribution in [3.63, 3.8) is 0 Å². The molecule has 1 rings (SSSR count). The van der Waals surface area contributed by atoms with E-state index in [0.29, 0.717) is 11.4 Å². The Kier molecular flexibility index (Phi) is 3.43. The Balaban J connectivity index is 3.07. The molecule has 1 aromatic heterocycles. The molecule has 0 aliphatic heterocycles. The second-order valence-electron chi connectivity index (χ2n) is 2.94. The number of pyridine rings is 1. The third-order valence-corrected chi connectivity index (χ3v) is 1.75. The third-order valence-electron chi connectivity index (χ3n) is 1.75. The fourth-order valence-electron chi connectivity index (χ4n) is 1.19. The molecule has 0 aliphatic rings. The van der Waals surface area contributed by atoms with Gasteiger partial charge in [0.05, 0.1) is 6.61 Å². The van der Waals surface area contributed by atoms with E-state index >= 15 is 0 Å². The molecule has 0 atom stereocenters. The van der Waals surface area contributed by atoms with Crippen molar-refractivity contribution in [3.05, 3.63) is 22.9 Å². The highest BCUT2D eigenvalue weighted by Crippen LogP contribution is 2.19. The van der Waals surface area contributed by atoms with Gasteiger partial charge in [-0.3, -0.25) is 0 Å². The molecule has 0 fully saturated rings. The van der Waals surface area contributed by atoms with Gasteiger partial charge >= 0.3 is 0 Å². The molecule has 0 saturated heterocycles. The number of nitrogens with zero attached hydrogens (tertiary/aromatic N) is 2. The summed E-state index contributed by atoms with van der Waals surface area (Å²) < 4.78 is 5.16. The smallest absolute Gasteiger partial charge is 0.232 e. The number of hydrogen-bond donors (Lipinski definition) is 1. The molecule has 0 amide bonds. The number of aliphatic hydroxyl groups excluding tert-OH is 1. The number of aromatic nitrogens is 1. The van der Waals surface area contributed by atoms with E-state index in [1.807, 2.05) is 26.0 Å². The van der Waals surface area contributed by atoms with Crippen LogP contribution in [0.3, 0.4) is 0 Å². The molecular formula is C10H12N2O2. The Morgan fingerprint density at radius 2 is 2.29 bits per heavy atom. The summed E-state index contributed by atoms with van der Waals surface area (Å²) in [4.78, 5) is 4.09. The fourth-order valence-corrected chi connectivity index (χ4v) is 1.19. The lowest BCUT2D eigenvalue weighted by Gasteiger charge is -2.07. The Labute approximate surface area is 82.8 Å². The zero-order valence-corrected chi connectivity index (χ0v) is 8.24. The minimum absolute atomic E-state index is 0.0838. The number of aryl methyl sites for hydroxylation is 2. The second kappa shape index (κ2) is 4.58. The molecule has 0 radical (unpaired) electrons. The third kappa shape index (κ3) is 2.21. The molecule has 4 nitrogen and oxygen atoms in total. The summed E-state index contributed by atoms with van der Waals surface area (Å²) in [5.41, 5.74) is 2.08. The Morgan fingerprint density at radius 1 is 1.57 bits per heavy atom. The molecule has 0 aromatic carbocycles. The average Bonchev–Trinajstić information content (AvgIpc) is 2.14. The van der Waals surface area contributed by atoms with Gasteiger partial charge in [-0.15, -0.1) is 0 Å². The van der Waals surface area contributed by atoms with Crippen molar-refractivity contribution >= 4 is 0 Å². The van der Waals surface area contributed by atoms with Gasteiger partial charge in [-0.05, 0) is 25.5 Å². The number of rotatable bonds is 3. The minimum Gasteiger partial charge on any atom is -0.474 e. The van der Waals surface area contributed by atoms with Crippen LogP contribution in [0.15, 0.2) is 6.07 Å². The van der Waals surface area contributed by atoms with Crippen LogP contribution in [0, 0.1) is 25.2 Å². The van der Waals surface area contributed by atoms with Gasteiger partial charge in [-0.2, -0.15) is 5.26 Å². The summed E-state index contributed by atoms with van der Waals surface area (Å²) in [6.07, 6.45) is 0. The van der Waals surface area contributed by atoms with E-state index in [9.17, 15) is 0 Å². The standard InChI is InChI=1S/C10H12N2O2/c1-7-5-8(2)12-10(9(7)6-11)14-4-3-13/h5,13H,3-4H2,1-2H3. The van der Waals surface area contributed by atoms with Gasteiger partial charge in [0.25, 0.3) is 0 Å². The molecule has 1 aromatic rings. The van der Waals surface area contributed by atoms with Gasteiger partial charge in [-0.25, -0.2) is 4.98 Å². The van der Waals surface area contributed by atoms with Crippen LogP contribution in [0.2, 0.25) is 0 Å². The quantitative estimate of drug-likeness (QED) is 0.774. The average molecular weight is 192 g/mol. The molecule has 74 valence electrons. The van der Waals surface area contributed by atoms with Crippen molar-refractivity contribution < 1.29 is 9.84 Å². The lowest BCUT2D eigenvalue weighted by atomic mass is 10.1. The summed E-state index contributed by atoms with van der Waals surface area (Å²) in [6, 6.07) is 3.85. The Morgan fingerprint density at radius 3 is 2.86 bits per heavy atom. The van der Waals surface area contributed by atoms with Gasteiger partial charge < -0.3 is 9.84 Å². The van der Waals surface area contributed by atoms with Crippen molar-refractivity contribution in [2.75, 3.05) is 13.2 Å². The van der Waals surface area contributed by atoms with E-state index in [1.54, 1.807) is 0 Å². The molecule has 0 saturated carbocycles. The predicted molar refractivity (Wildman–Crippen MR) is 51.0 cm³/mol. The second-order valence-corrected chi connectivity index (χ2v) is 2.94. The molecule has 14 heavy (non-hydrogen) atoms. The van der Waals surface area contributed by atoms with Crippen LogP contribution < -0.4 is 4.74 Å². The van der Waals surface area contributed by atoms with Crippen LogP contribution in [0.4, 0.5) is 0 Å². The topological polar surface area (TPSA) is 66.1 Å². The van der Waals surface area contributed by atoms with E-state index in [-0.39, 0.29) is 13.2 Å². The van der Waals surface area contributed by atoms with Gasteiger partial charge in [-0.1, -0.05) is 0 Å². The lowest BCUT2D eigenvalue weighted by Crippen LogP contribution is -2.06. The number of aliphatic hydroxyl groups is 1. The molecule has 0 aliphatic carbocycles. The number of nitriles is 1. The highest BCUT2D eigenvalue weighted by molar-refractivity contribution is 5.45. The summed E-state index contributed by atoms with van der Waals surface area (Å²) >= 11 is 0. The van der Waals surface area contributed by atoms with Crippen LogP contribution >= 0.6 is 0 Å². The maximum absolute atomic E-state index is 8.86. The predicted octanol–water partition coefficient (Wildman–Crippen LogP) is 0.941. The van der Waals surface area contributed by atoms with Gasteiger partial charge in [0.15, 0.2) is 0 Å². The van der Waals surface area contributed by atoms with E-state index in [4.69, 9.17) is 15.1 Å². The first-order valence-electron chi connectivity index (χ1n) is 4.31. The Hall–Kier alpha value is -1.60. The maximum atomic E-state index is 8.86. The van der Waals surface area contributed by atoms with Crippen LogP contribution in [0.1, 0.15) is 16.8 Å². The van der Waals surface area contributed by atoms with E-state index in [0.717, 1.165) is 11.3 Å². The molecule has 0 bridgehead atoms. The van der Waals surface area contributed by atoms with E-state index in [2.05, 4.69) is 4.98 Å². The van der Waals surface area contributed by atoms with Crippen LogP contribution in [-0.2, 0) is 0 Å². The highest BCUT2D eigenvalue weighted by atomic mass is 16.5. The SMILES string of the molecule is Cc1cc(C)c(C#N)c(OCCO)n1. The summed E-state index contributed by atoms with van der Waals surface area (Å²) in [6.45, 7) is 3.74. The number of hydrogen-bond acceptors (Lipinski definition) is 4. The van der Waals surface area contributed by atoms with Crippen LogP contribution in [0.5, 0.6) is 5.88 Å². The van der Waals surface area contributed by atoms with Crippen LogP contribution in [-0.4, -0.2) is 23.3 Å². The van der Waals surface area contributed by atoms with Crippen molar-refractivity contribution in [3.8, 4) is 11.9 Å². The van der Waals surface area contributed by atoms with Gasteiger partial charge in [0, 0.05) is 5.69 Å². The van der Waals surface area contributed by atoms with Crippen molar-refractivity contribution in [2.24, 2.45) is 0 Å². The molecule has 0 spiro atoms. The number of ether oxygens (including phenoxy) is 1. The minimum atomic E-state index is -0.0838.